The van der Waals surface area contributed by atoms with Crippen LogP contribution in [0.25, 0.3) is 0 Å². The summed E-state index contributed by atoms with van der Waals surface area (Å²) in [6.45, 7) is 0. The Kier molecular flexibility index (Phi) is 6.02. The summed E-state index contributed by atoms with van der Waals surface area (Å²) in [5, 5.41) is 4.29. The maximum Gasteiger partial charge on any atom is 0.174 e. The predicted octanol–water partition coefficient (Wildman–Crippen LogP) is 5.02. The molecule has 0 heterocycles. The minimum atomic E-state index is -0.848. The number of methoxy groups -OCH3 is 1. The molecule has 1 fully saturated rings. The number of hydrogen-bond donors (Lipinski definition) is 1. The first-order chi connectivity index (χ1) is 13.0. The number of thiocarbonyl (C=S) groups is 1. The molecule has 0 aromatic heterocycles. The molecule has 1 N–H and O–H groups in total. The van der Waals surface area contributed by atoms with Crippen molar-refractivity contribution >= 4 is 40.4 Å². The van der Waals surface area contributed by atoms with Gasteiger partial charge in [-0.05, 0) is 49.7 Å². The molecule has 4 nitrogen and oxygen atoms in total. The molecule has 0 saturated heterocycles. The van der Waals surface area contributed by atoms with Gasteiger partial charge in [-0.15, -0.1) is 0 Å². The monoisotopic (exact) mass is 402 g/mol. The zero-order valence-corrected chi connectivity index (χ0v) is 17.1. The van der Waals surface area contributed by atoms with E-state index in [4.69, 9.17) is 28.6 Å². The topological polar surface area (TPSA) is 41.6 Å². The first-order valence-electron chi connectivity index (χ1n) is 8.96. The Morgan fingerprint density at radius 3 is 2.70 bits per heavy atom. The summed E-state index contributed by atoms with van der Waals surface area (Å²) in [5.74, 6) is 0.888. The molecule has 0 radical (unpaired) electrons. The van der Waals surface area contributed by atoms with Crippen molar-refractivity contribution in [1.82, 2.24) is 4.90 Å². The van der Waals surface area contributed by atoms with Gasteiger partial charge in [-0.1, -0.05) is 35.9 Å². The third-order valence-electron chi connectivity index (χ3n) is 5.17. The molecule has 0 bridgehead atoms. The molecular formula is C21H23ClN2O2S. The second kappa shape index (κ2) is 8.28. The highest BCUT2D eigenvalue weighted by Crippen LogP contribution is 2.42. The lowest BCUT2D eigenvalue weighted by molar-refractivity contribution is -0.131. The zero-order chi connectivity index (χ0) is 19.4. The van der Waals surface area contributed by atoms with Crippen molar-refractivity contribution < 1.29 is 9.53 Å². The molecule has 1 atom stereocenters. The Labute approximate surface area is 170 Å². The standard InChI is InChI=1S/C21H23ClN2O2S/c1-24(20(27)23-15-8-7-9-16(14-15)26-2)21(13-6-5-12-19(21)25)17-10-3-4-11-18(17)22/h3-4,7-11,14H,5-6,12-13H2,1-2H3,(H,23,27)/t21-/m0/s1. The summed E-state index contributed by atoms with van der Waals surface area (Å²) >= 11 is 12.2. The predicted molar refractivity (Wildman–Crippen MR) is 114 cm³/mol. The second-order valence-electron chi connectivity index (χ2n) is 6.69. The summed E-state index contributed by atoms with van der Waals surface area (Å²) < 4.78 is 5.27. The number of nitrogens with one attached hydrogen (secondary N) is 1. The van der Waals surface area contributed by atoms with Gasteiger partial charge in [0, 0.05) is 35.8 Å². The van der Waals surface area contributed by atoms with E-state index in [2.05, 4.69) is 5.32 Å². The van der Waals surface area contributed by atoms with Gasteiger partial charge in [-0.2, -0.15) is 0 Å². The van der Waals surface area contributed by atoms with Crippen molar-refractivity contribution in [3.05, 3.63) is 59.1 Å². The molecule has 0 amide bonds. The smallest absolute Gasteiger partial charge is 0.174 e. The number of halogens is 1. The molecule has 27 heavy (non-hydrogen) atoms. The molecule has 0 aliphatic heterocycles. The minimum Gasteiger partial charge on any atom is -0.497 e. The average Bonchev–Trinajstić information content (AvgIpc) is 2.68. The minimum absolute atomic E-state index is 0.152. The fourth-order valence-corrected chi connectivity index (χ4v) is 4.28. The van der Waals surface area contributed by atoms with Crippen LogP contribution in [0.1, 0.15) is 31.2 Å². The van der Waals surface area contributed by atoms with Crippen molar-refractivity contribution in [3.8, 4) is 5.75 Å². The van der Waals surface area contributed by atoms with Gasteiger partial charge in [0.2, 0.25) is 0 Å². The molecule has 1 aliphatic rings. The summed E-state index contributed by atoms with van der Waals surface area (Å²) in [5.41, 5.74) is 0.775. The number of rotatable bonds is 4. The van der Waals surface area contributed by atoms with E-state index in [0.717, 1.165) is 29.8 Å². The molecule has 142 valence electrons. The molecule has 6 heteroatoms. The van der Waals surface area contributed by atoms with Crippen LogP contribution in [0.4, 0.5) is 5.69 Å². The van der Waals surface area contributed by atoms with Gasteiger partial charge in [-0.3, -0.25) is 4.79 Å². The van der Waals surface area contributed by atoms with Gasteiger partial charge in [0.25, 0.3) is 0 Å². The number of ether oxygens (including phenoxy) is 1. The van der Waals surface area contributed by atoms with Crippen LogP contribution in [0, 0.1) is 0 Å². The Morgan fingerprint density at radius 2 is 2.00 bits per heavy atom. The van der Waals surface area contributed by atoms with Crippen molar-refractivity contribution in [1.29, 1.82) is 0 Å². The number of carbonyl (C=O) groups excluding carboxylic acids is 1. The Balaban J connectivity index is 1.96. The van der Waals surface area contributed by atoms with Gasteiger partial charge >= 0.3 is 0 Å². The molecule has 0 spiro atoms. The van der Waals surface area contributed by atoms with Crippen molar-refractivity contribution in [2.45, 2.75) is 31.2 Å². The number of hydrogen-bond acceptors (Lipinski definition) is 3. The van der Waals surface area contributed by atoms with Crippen LogP contribution in [-0.4, -0.2) is 30.0 Å². The summed E-state index contributed by atoms with van der Waals surface area (Å²) in [4.78, 5) is 15.0. The van der Waals surface area contributed by atoms with Crippen molar-refractivity contribution in [2.75, 3.05) is 19.5 Å². The lowest BCUT2D eigenvalue weighted by Crippen LogP contribution is -2.55. The molecule has 1 aliphatic carbocycles. The molecule has 3 rings (SSSR count). The van der Waals surface area contributed by atoms with E-state index in [1.54, 1.807) is 7.11 Å². The van der Waals surface area contributed by atoms with E-state index in [0.29, 0.717) is 23.0 Å². The van der Waals surface area contributed by atoms with E-state index in [1.165, 1.54) is 0 Å². The van der Waals surface area contributed by atoms with E-state index < -0.39 is 5.54 Å². The highest BCUT2D eigenvalue weighted by Gasteiger charge is 2.47. The van der Waals surface area contributed by atoms with Crippen LogP contribution in [0.5, 0.6) is 5.75 Å². The lowest BCUT2D eigenvalue weighted by Gasteiger charge is -2.45. The molecule has 0 unspecified atom stereocenters. The third-order valence-corrected chi connectivity index (χ3v) is 5.88. The highest BCUT2D eigenvalue weighted by molar-refractivity contribution is 7.80. The fourth-order valence-electron chi connectivity index (χ4n) is 3.71. The maximum absolute atomic E-state index is 13.2. The van der Waals surface area contributed by atoms with Crippen LogP contribution in [0.3, 0.4) is 0 Å². The molecular weight excluding hydrogens is 380 g/mol. The lowest BCUT2D eigenvalue weighted by atomic mass is 9.74. The number of likely N-dealkylation sites (N-methyl/N-ethyl adjacent to an activating group) is 1. The number of anilines is 1. The fraction of sp³-hybridized carbons (Fsp3) is 0.333. The molecule has 2 aromatic rings. The highest BCUT2D eigenvalue weighted by atomic mass is 35.5. The normalized spacial score (nSPS) is 19.4. The number of benzene rings is 2. The third kappa shape index (κ3) is 3.80. The van der Waals surface area contributed by atoms with E-state index in [1.807, 2.05) is 60.5 Å². The van der Waals surface area contributed by atoms with Crippen LogP contribution in [0.15, 0.2) is 48.5 Å². The summed E-state index contributed by atoms with van der Waals surface area (Å²) in [6, 6.07) is 15.1. The second-order valence-corrected chi connectivity index (χ2v) is 7.49. The Morgan fingerprint density at radius 1 is 1.22 bits per heavy atom. The van der Waals surface area contributed by atoms with Crippen LogP contribution in [0.2, 0.25) is 5.02 Å². The average molecular weight is 403 g/mol. The number of Topliss-reactive ketones (excluding diaryl/α,β-unsaturated/α-hetero) is 1. The van der Waals surface area contributed by atoms with E-state index in [-0.39, 0.29) is 5.78 Å². The number of nitrogens with zero attached hydrogens (tertiary/aromatic N) is 1. The first kappa shape index (κ1) is 19.6. The summed E-state index contributed by atoms with van der Waals surface area (Å²) in [6.07, 6.45) is 3.06. The largest absolute Gasteiger partial charge is 0.497 e. The van der Waals surface area contributed by atoms with E-state index >= 15 is 0 Å². The molecule has 1 saturated carbocycles. The summed E-state index contributed by atoms with van der Waals surface area (Å²) in [7, 11) is 3.48. The van der Waals surface area contributed by atoms with Crippen LogP contribution < -0.4 is 10.1 Å². The number of carbonyl (C=O) groups is 1. The quantitative estimate of drug-likeness (QED) is 0.727. The SMILES string of the molecule is COc1cccc(NC(=S)N(C)[C@]2(c3ccccc3Cl)CCCCC2=O)c1. The Bertz CT molecular complexity index is 858. The zero-order valence-electron chi connectivity index (χ0n) is 15.5. The van der Waals surface area contributed by atoms with Crippen molar-refractivity contribution in [2.24, 2.45) is 0 Å². The van der Waals surface area contributed by atoms with Crippen LogP contribution >= 0.6 is 23.8 Å². The van der Waals surface area contributed by atoms with E-state index in [9.17, 15) is 4.79 Å². The van der Waals surface area contributed by atoms with Gasteiger partial charge in [0.1, 0.15) is 11.3 Å². The van der Waals surface area contributed by atoms with Crippen molar-refractivity contribution in [3.63, 3.8) is 0 Å². The number of ketones is 1. The van der Waals surface area contributed by atoms with Gasteiger partial charge < -0.3 is 15.0 Å². The molecule has 2 aromatic carbocycles. The van der Waals surface area contributed by atoms with Gasteiger partial charge in [-0.25, -0.2) is 0 Å². The maximum atomic E-state index is 13.2. The Hall–Kier alpha value is -2.11. The van der Waals surface area contributed by atoms with Gasteiger partial charge in [0.05, 0.1) is 7.11 Å². The van der Waals surface area contributed by atoms with Gasteiger partial charge in [0.15, 0.2) is 10.9 Å². The first-order valence-corrected chi connectivity index (χ1v) is 9.75. The van der Waals surface area contributed by atoms with Crippen LogP contribution in [-0.2, 0) is 10.3 Å².